The number of rotatable bonds is 3. The van der Waals surface area contributed by atoms with E-state index in [1.54, 1.807) is 12.4 Å². The Morgan fingerprint density at radius 1 is 1.24 bits per heavy atom. The van der Waals surface area contributed by atoms with Crippen LogP contribution in [0.2, 0.25) is 0 Å². The first-order valence-electron chi connectivity index (χ1n) is 5.20. The van der Waals surface area contributed by atoms with Crippen molar-refractivity contribution in [3.05, 3.63) is 59.4 Å². The fourth-order valence-corrected chi connectivity index (χ4v) is 1.62. The van der Waals surface area contributed by atoms with Crippen molar-refractivity contribution in [2.45, 2.75) is 13.0 Å². The molecule has 0 aliphatic rings. The van der Waals surface area contributed by atoms with Gasteiger partial charge in [-0.2, -0.15) is 0 Å². The maximum Gasteiger partial charge on any atom is 0.141 e. The minimum absolute atomic E-state index is 0.314. The highest BCUT2D eigenvalue weighted by Gasteiger charge is 2.13. The fourth-order valence-electron chi connectivity index (χ4n) is 1.62. The molecule has 0 saturated heterocycles. The predicted molar refractivity (Wildman–Crippen MR) is 62.3 cm³/mol. The zero-order chi connectivity index (χ0) is 12.3. The van der Waals surface area contributed by atoms with E-state index >= 15 is 0 Å². The van der Waals surface area contributed by atoms with Crippen LogP contribution in [0.3, 0.4) is 0 Å². The van der Waals surface area contributed by atoms with Crippen molar-refractivity contribution in [1.82, 2.24) is 15.4 Å². The van der Waals surface area contributed by atoms with Gasteiger partial charge in [-0.05, 0) is 30.2 Å². The fraction of sp³-hybridized carbons (Fsp3) is 0.167. The Labute approximate surface area is 98.7 Å². The molecular formula is C12H13FN4. The molecule has 4 nitrogen and oxygen atoms in total. The van der Waals surface area contributed by atoms with Gasteiger partial charge in [0.05, 0.1) is 12.2 Å². The standard InChI is InChI=1S/C12H13FN4/c1-8-2-3-9(6-16-8)12(17-14)10-4-11(13)7-15-5-10/h2-7,12,17H,14H2,1H3. The minimum atomic E-state index is -0.386. The number of aromatic nitrogens is 2. The van der Waals surface area contributed by atoms with Crippen molar-refractivity contribution in [3.63, 3.8) is 0 Å². The van der Waals surface area contributed by atoms with E-state index in [0.717, 1.165) is 17.5 Å². The minimum Gasteiger partial charge on any atom is -0.271 e. The lowest BCUT2D eigenvalue weighted by Gasteiger charge is -2.16. The number of aryl methyl sites for hydroxylation is 1. The molecular weight excluding hydrogens is 219 g/mol. The number of nitrogens with zero attached hydrogens (tertiary/aromatic N) is 2. The van der Waals surface area contributed by atoms with Crippen molar-refractivity contribution in [1.29, 1.82) is 0 Å². The number of nitrogens with one attached hydrogen (secondary N) is 1. The summed E-state index contributed by atoms with van der Waals surface area (Å²) in [6.45, 7) is 1.90. The Bertz CT molecular complexity index is 498. The number of hydrogen-bond acceptors (Lipinski definition) is 4. The average Bonchev–Trinajstić information content (AvgIpc) is 2.33. The van der Waals surface area contributed by atoms with Crippen LogP contribution in [0.4, 0.5) is 4.39 Å². The Morgan fingerprint density at radius 2 is 2.06 bits per heavy atom. The van der Waals surface area contributed by atoms with E-state index in [-0.39, 0.29) is 11.9 Å². The molecule has 0 spiro atoms. The van der Waals surface area contributed by atoms with Gasteiger partial charge in [0.25, 0.3) is 0 Å². The summed E-state index contributed by atoms with van der Waals surface area (Å²) in [6.07, 6.45) is 4.45. The summed E-state index contributed by atoms with van der Waals surface area (Å²) in [4.78, 5) is 7.99. The van der Waals surface area contributed by atoms with Crippen LogP contribution >= 0.6 is 0 Å². The van der Waals surface area contributed by atoms with Crippen LogP contribution in [0.15, 0.2) is 36.8 Å². The summed E-state index contributed by atoms with van der Waals surface area (Å²) in [5, 5.41) is 0. The molecule has 0 saturated carbocycles. The molecule has 1 unspecified atom stereocenters. The molecule has 0 aliphatic heterocycles. The van der Waals surface area contributed by atoms with Gasteiger partial charge >= 0.3 is 0 Å². The predicted octanol–water partition coefficient (Wildman–Crippen LogP) is 1.48. The van der Waals surface area contributed by atoms with Gasteiger partial charge in [0.1, 0.15) is 5.82 Å². The maximum absolute atomic E-state index is 13.1. The topological polar surface area (TPSA) is 63.8 Å². The third-order valence-electron chi connectivity index (χ3n) is 2.49. The third-order valence-corrected chi connectivity index (χ3v) is 2.49. The lowest BCUT2D eigenvalue weighted by Crippen LogP contribution is -2.29. The molecule has 2 rings (SSSR count). The van der Waals surface area contributed by atoms with Gasteiger partial charge in [0, 0.05) is 18.1 Å². The highest BCUT2D eigenvalue weighted by molar-refractivity contribution is 5.28. The Morgan fingerprint density at radius 3 is 2.65 bits per heavy atom. The number of nitrogens with two attached hydrogens (primary N) is 1. The van der Waals surface area contributed by atoms with Crippen molar-refractivity contribution in [3.8, 4) is 0 Å². The number of hydrazine groups is 1. The summed E-state index contributed by atoms with van der Waals surface area (Å²) in [5.41, 5.74) is 5.08. The van der Waals surface area contributed by atoms with Crippen LogP contribution in [0.1, 0.15) is 22.9 Å². The molecule has 2 aromatic rings. The van der Waals surface area contributed by atoms with Crippen LogP contribution in [0.5, 0.6) is 0 Å². The Kier molecular flexibility index (Phi) is 3.41. The molecule has 3 N–H and O–H groups in total. The van der Waals surface area contributed by atoms with Crippen LogP contribution in [0.25, 0.3) is 0 Å². The molecule has 5 heteroatoms. The lowest BCUT2D eigenvalue weighted by atomic mass is 10.0. The van der Waals surface area contributed by atoms with Crippen LogP contribution in [0, 0.1) is 12.7 Å². The number of halogens is 1. The Hall–Kier alpha value is -1.85. The molecule has 88 valence electrons. The smallest absolute Gasteiger partial charge is 0.141 e. The molecule has 2 aromatic heterocycles. The van der Waals surface area contributed by atoms with Gasteiger partial charge in [0.15, 0.2) is 0 Å². The van der Waals surface area contributed by atoms with Crippen molar-refractivity contribution in [2.24, 2.45) is 5.84 Å². The van der Waals surface area contributed by atoms with Gasteiger partial charge in [-0.1, -0.05) is 6.07 Å². The van der Waals surface area contributed by atoms with Crippen LogP contribution in [-0.4, -0.2) is 9.97 Å². The molecule has 0 amide bonds. The summed E-state index contributed by atoms with van der Waals surface area (Å²) < 4.78 is 13.1. The van der Waals surface area contributed by atoms with Crippen molar-refractivity contribution < 1.29 is 4.39 Å². The molecule has 0 radical (unpaired) electrons. The van der Waals surface area contributed by atoms with E-state index < -0.39 is 0 Å². The van der Waals surface area contributed by atoms with E-state index in [4.69, 9.17) is 5.84 Å². The first-order chi connectivity index (χ1) is 8.20. The largest absolute Gasteiger partial charge is 0.271 e. The van der Waals surface area contributed by atoms with Gasteiger partial charge in [0.2, 0.25) is 0 Å². The van der Waals surface area contributed by atoms with E-state index in [2.05, 4.69) is 15.4 Å². The SMILES string of the molecule is Cc1ccc(C(NN)c2cncc(F)c2)cn1. The molecule has 0 fully saturated rings. The van der Waals surface area contributed by atoms with Crippen molar-refractivity contribution in [2.75, 3.05) is 0 Å². The molecule has 0 aromatic carbocycles. The molecule has 2 heterocycles. The second kappa shape index (κ2) is 4.99. The summed E-state index contributed by atoms with van der Waals surface area (Å²) in [5.74, 6) is 5.11. The zero-order valence-electron chi connectivity index (χ0n) is 9.39. The van der Waals surface area contributed by atoms with Gasteiger partial charge in [-0.15, -0.1) is 0 Å². The van der Waals surface area contributed by atoms with E-state index in [0.29, 0.717) is 5.56 Å². The third kappa shape index (κ3) is 2.64. The summed E-state index contributed by atoms with van der Waals surface area (Å²) in [6, 6.07) is 4.87. The van der Waals surface area contributed by atoms with Gasteiger partial charge in [-0.3, -0.25) is 15.8 Å². The molecule has 0 bridgehead atoms. The number of pyridine rings is 2. The quantitative estimate of drug-likeness (QED) is 0.621. The first-order valence-corrected chi connectivity index (χ1v) is 5.20. The lowest BCUT2D eigenvalue weighted by molar-refractivity contribution is 0.597. The molecule has 1 atom stereocenters. The Balaban J connectivity index is 2.36. The van der Waals surface area contributed by atoms with E-state index in [1.807, 2.05) is 19.1 Å². The highest BCUT2D eigenvalue weighted by Crippen LogP contribution is 2.20. The number of hydrogen-bond donors (Lipinski definition) is 2. The van der Waals surface area contributed by atoms with Gasteiger partial charge in [-0.25, -0.2) is 9.82 Å². The van der Waals surface area contributed by atoms with E-state index in [9.17, 15) is 4.39 Å². The second-order valence-electron chi connectivity index (χ2n) is 3.77. The molecule has 0 aliphatic carbocycles. The van der Waals surface area contributed by atoms with Gasteiger partial charge < -0.3 is 0 Å². The summed E-state index contributed by atoms with van der Waals surface area (Å²) >= 11 is 0. The maximum atomic E-state index is 13.1. The second-order valence-corrected chi connectivity index (χ2v) is 3.77. The normalized spacial score (nSPS) is 12.4. The average molecular weight is 232 g/mol. The highest BCUT2D eigenvalue weighted by atomic mass is 19.1. The monoisotopic (exact) mass is 232 g/mol. The van der Waals surface area contributed by atoms with Crippen LogP contribution in [-0.2, 0) is 0 Å². The van der Waals surface area contributed by atoms with Crippen LogP contribution < -0.4 is 11.3 Å². The zero-order valence-corrected chi connectivity index (χ0v) is 9.39. The molecule has 17 heavy (non-hydrogen) atoms. The van der Waals surface area contributed by atoms with Crippen molar-refractivity contribution >= 4 is 0 Å². The first kappa shape index (κ1) is 11.6. The van der Waals surface area contributed by atoms with E-state index in [1.165, 1.54) is 6.07 Å². The summed E-state index contributed by atoms with van der Waals surface area (Å²) in [7, 11) is 0.